The number of rotatable bonds is 6. The Morgan fingerprint density at radius 1 is 1.33 bits per heavy atom. The van der Waals surface area contributed by atoms with Crippen molar-refractivity contribution in [2.24, 2.45) is 0 Å². The molecule has 0 heterocycles. The number of carbonyl (C=O) groups excluding carboxylic acids is 2. The monoisotopic (exact) mass is 285 g/mol. The molecule has 1 aromatic carbocycles. The first-order valence-corrected chi connectivity index (χ1v) is 6.23. The molecule has 96 valence electrons. The first-order chi connectivity index (χ1) is 8.63. The molecule has 0 aliphatic heterocycles. The van der Waals surface area contributed by atoms with Gasteiger partial charge in [-0.1, -0.05) is 29.3 Å². The first-order valence-electron chi connectivity index (χ1n) is 5.48. The highest BCUT2D eigenvalue weighted by molar-refractivity contribution is 6.35. The van der Waals surface area contributed by atoms with Crippen molar-refractivity contribution >= 4 is 41.5 Å². The van der Waals surface area contributed by atoms with Gasteiger partial charge in [0, 0.05) is 29.1 Å². The van der Waals surface area contributed by atoms with E-state index in [0.717, 1.165) is 11.8 Å². The topological polar surface area (TPSA) is 46.2 Å². The fourth-order valence-electron chi connectivity index (χ4n) is 1.26. The Labute approximate surface area is 116 Å². The number of hydrogen-bond acceptors (Lipinski definition) is 2. The summed E-state index contributed by atoms with van der Waals surface area (Å²) >= 11 is 11.7. The summed E-state index contributed by atoms with van der Waals surface area (Å²) < 4.78 is 0. The van der Waals surface area contributed by atoms with E-state index in [1.807, 2.05) is 0 Å². The molecule has 0 saturated carbocycles. The van der Waals surface area contributed by atoms with Crippen LogP contribution in [0.15, 0.2) is 24.3 Å². The summed E-state index contributed by atoms with van der Waals surface area (Å²) in [5.41, 5.74) is 0.726. The standard InChI is InChI=1S/C13H13Cl2NO2/c14-11-5-3-10(12(15)9-11)4-6-13(18)16-7-1-2-8-17/h3-6,8-9H,1-2,7H2,(H,16,18). The molecule has 5 heteroatoms. The van der Waals surface area contributed by atoms with Crippen LogP contribution in [0, 0.1) is 0 Å². The van der Waals surface area contributed by atoms with Crippen LogP contribution in [0.5, 0.6) is 0 Å². The van der Waals surface area contributed by atoms with E-state index in [4.69, 9.17) is 23.2 Å². The van der Waals surface area contributed by atoms with Gasteiger partial charge in [0.25, 0.3) is 0 Å². The Hall–Kier alpha value is -1.32. The smallest absolute Gasteiger partial charge is 0.244 e. The Balaban J connectivity index is 2.47. The molecule has 0 bridgehead atoms. The second-order valence-corrected chi connectivity index (χ2v) is 4.44. The maximum Gasteiger partial charge on any atom is 0.244 e. The molecule has 18 heavy (non-hydrogen) atoms. The molecule has 1 N–H and O–H groups in total. The zero-order valence-corrected chi connectivity index (χ0v) is 11.2. The first kappa shape index (κ1) is 14.7. The lowest BCUT2D eigenvalue weighted by Gasteiger charge is -2.00. The highest BCUT2D eigenvalue weighted by Crippen LogP contribution is 2.21. The number of amides is 1. The normalized spacial score (nSPS) is 10.6. The third kappa shape index (κ3) is 5.34. The molecule has 0 aromatic heterocycles. The van der Waals surface area contributed by atoms with Crippen LogP contribution in [0.2, 0.25) is 10.0 Å². The zero-order valence-electron chi connectivity index (χ0n) is 9.66. The lowest BCUT2D eigenvalue weighted by molar-refractivity contribution is -0.116. The van der Waals surface area contributed by atoms with Gasteiger partial charge >= 0.3 is 0 Å². The van der Waals surface area contributed by atoms with E-state index in [-0.39, 0.29) is 5.91 Å². The van der Waals surface area contributed by atoms with E-state index in [1.54, 1.807) is 24.3 Å². The van der Waals surface area contributed by atoms with Crippen molar-refractivity contribution in [3.8, 4) is 0 Å². The number of aldehydes is 1. The fourth-order valence-corrected chi connectivity index (χ4v) is 1.73. The second-order valence-electron chi connectivity index (χ2n) is 3.60. The average molecular weight is 286 g/mol. The molecule has 0 radical (unpaired) electrons. The van der Waals surface area contributed by atoms with Crippen LogP contribution in [-0.2, 0) is 9.59 Å². The summed E-state index contributed by atoms with van der Waals surface area (Å²) in [6.45, 7) is 0.482. The third-order valence-corrected chi connectivity index (χ3v) is 2.74. The van der Waals surface area contributed by atoms with Crippen LogP contribution >= 0.6 is 23.2 Å². The van der Waals surface area contributed by atoms with Crippen LogP contribution in [0.25, 0.3) is 6.08 Å². The number of unbranched alkanes of at least 4 members (excludes halogenated alkanes) is 1. The summed E-state index contributed by atoms with van der Waals surface area (Å²) in [6.07, 6.45) is 4.94. The molecule has 0 aliphatic rings. The molecule has 1 amide bonds. The van der Waals surface area contributed by atoms with E-state index >= 15 is 0 Å². The Bertz CT molecular complexity index is 458. The van der Waals surface area contributed by atoms with Gasteiger partial charge in [-0.2, -0.15) is 0 Å². The summed E-state index contributed by atoms with van der Waals surface area (Å²) in [7, 11) is 0. The highest BCUT2D eigenvalue weighted by atomic mass is 35.5. The fraction of sp³-hybridized carbons (Fsp3) is 0.231. The number of nitrogens with one attached hydrogen (secondary N) is 1. The van der Waals surface area contributed by atoms with Gasteiger partial charge in [-0.25, -0.2) is 0 Å². The van der Waals surface area contributed by atoms with Crippen LogP contribution in [0.1, 0.15) is 18.4 Å². The van der Waals surface area contributed by atoms with Gasteiger partial charge in [0.05, 0.1) is 0 Å². The van der Waals surface area contributed by atoms with Crippen LogP contribution < -0.4 is 5.32 Å². The summed E-state index contributed by atoms with van der Waals surface area (Å²) in [5, 5.41) is 3.71. The van der Waals surface area contributed by atoms with Gasteiger partial charge in [0.15, 0.2) is 0 Å². The molecule has 0 saturated heterocycles. The van der Waals surface area contributed by atoms with Gasteiger partial charge in [0.2, 0.25) is 5.91 Å². The summed E-state index contributed by atoms with van der Waals surface area (Å²) in [5.74, 6) is -0.216. The Morgan fingerprint density at radius 3 is 2.78 bits per heavy atom. The van der Waals surface area contributed by atoms with Crippen LogP contribution in [-0.4, -0.2) is 18.7 Å². The van der Waals surface area contributed by atoms with E-state index < -0.39 is 0 Å². The Morgan fingerprint density at radius 2 is 2.11 bits per heavy atom. The van der Waals surface area contributed by atoms with Gasteiger partial charge in [0.1, 0.15) is 6.29 Å². The average Bonchev–Trinajstić information content (AvgIpc) is 2.33. The van der Waals surface area contributed by atoms with E-state index in [2.05, 4.69) is 5.32 Å². The van der Waals surface area contributed by atoms with Crippen molar-refractivity contribution in [2.75, 3.05) is 6.54 Å². The third-order valence-electron chi connectivity index (χ3n) is 2.17. The second kappa shape index (κ2) is 7.90. The SMILES string of the molecule is O=CCCCNC(=O)C=Cc1ccc(Cl)cc1Cl. The minimum Gasteiger partial charge on any atom is -0.353 e. The van der Waals surface area contributed by atoms with Crippen molar-refractivity contribution in [1.82, 2.24) is 5.32 Å². The summed E-state index contributed by atoms with van der Waals surface area (Å²) in [6, 6.07) is 5.06. The highest BCUT2D eigenvalue weighted by Gasteiger charge is 1.99. The van der Waals surface area contributed by atoms with Gasteiger partial charge < -0.3 is 10.1 Å². The number of benzene rings is 1. The number of halogens is 2. The molecule has 0 atom stereocenters. The Kier molecular flexibility index (Phi) is 6.47. The summed E-state index contributed by atoms with van der Waals surface area (Å²) in [4.78, 5) is 21.5. The molecule has 1 rings (SSSR count). The molecular weight excluding hydrogens is 273 g/mol. The zero-order chi connectivity index (χ0) is 13.4. The largest absolute Gasteiger partial charge is 0.353 e. The van der Waals surface area contributed by atoms with Gasteiger partial charge in [-0.15, -0.1) is 0 Å². The van der Waals surface area contributed by atoms with E-state index in [0.29, 0.717) is 29.4 Å². The maximum atomic E-state index is 11.4. The minimum absolute atomic E-state index is 0.216. The predicted molar refractivity (Wildman–Crippen MR) is 73.8 cm³/mol. The maximum absolute atomic E-state index is 11.4. The number of hydrogen-bond donors (Lipinski definition) is 1. The molecule has 0 unspecified atom stereocenters. The minimum atomic E-state index is -0.216. The van der Waals surface area contributed by atoms with Crippen molar-refractivity contribution in [1.29, 1.82) is 0 Å². The molecule has 3 nitrogen and oxygen atoms in total. The molecule has 1 aromatic rings. The predicted octanol–water partition coefficient (Wildman–Crippen LogP) is 3.10. The lowest BCUT2D eigenvalue weighted by Crippen LogP contribution is -2.22. The van der Waals surface area contributed by atoms with Crippen molar-refractivity contribution in [3.05, 3.63) is 39.9 Å². The number of carbonyl (C=O) groups is 2. The molecular formula is C13H13Cl2NO2. The molecule has 0 fully saturated rings. The molecule has 0 spiro atoms. The van der Waals surface area contributed by atoms with Gasteiger partial charge in [-0.3, -0.25) is 4.79 Å². The van der Waals surface area contributed by atoms with Crippen molar-refractivity contribution in [2.45, 2.75) is 12.8 Å². The van der Waals surface area contributed by atoms with E-state index in [9.17, 15) is 9.59 Å². The van der Waals surface area contributed by atoms with Crippen molar-refractivity contribution < 1.29 is 9.59 Å². The van der Waals surface area contributed by atoms with Crippen LogP contribution in [0.4, 0.5) is 0 Å². The van der Waals surface area contributed by atoms with Gasteiger partial charge in [-0.05, 0) is 30.2 Å². The van der Waals surface area contributed by atoms with Crippen molar-refractivity contribution in [3.63, 3.8) is 0 Å². The van der Waals surface area contributed by atoms with Crippen LogP contribution in [0.3, 0.4) is 0 Å². The molecule has 0 aliphatic carbocycles. The quantitative estimate of drug-likeness (QED) is 0.496. The lowest BCUT2D eigenvalue weighted by atomic mass is 10.2. The van der Waals surface area contributed by atoms with E-state index in [1.165, 1.54) is 6.08 Å².